The van der Waals surface area contributed by atoms with Crippen LogP contribution in [0.5, 0.6) is 0 Å². The van der Waals surface area contributed by atoms with Gasteiger partial charge in [0.1, 0.15) is 0 Å². The minimum atomic E-state index is -0.232. The Morgan fingerprint density at radius 2 is 1.96 bits per heavy atom. The van der Waals surface area contributed by atoms with Crippen LogP contribution in [-0.2, 0) is 4.79 Å². The molecule has 1 fully saturated rings. The van der Waals surface area contributed by atoms with Crippen LogP contribution in [0.25, 0.3) is 0 Å². The summed E-state index contributed by atoms with van der Waals surface area (Å²) in [7, 11) is 0. The molecule has 6 nitrogen and oxygen atoms in total. The van der Waals surface area contributed by atoms with Gasteiger partial charge in [-0.05, 0) is 43.2 Å². The normalized spacial score (nSPS) is 31.2. The number of fused-ring (bicyclic) bond motifs is 3. The first-order valence-corrected chi connectivity index (χ1v) is 10.3. The van der Waals surface area contributed by atoms with Gasteiger partial charge >= 0.3 is 0 Å². The largest absolute Gasteiger partial charge is 0.371 e. The lowest BCUT2D eigenvalue weighted by Gasteiger charge is -2.47. The van der Waals surface area contributed by atoms with E-state index in [1.54, 1.807) is 0 Å². The van der Waals surface area contributed by atoms with Crippen LogP contribution >= 0.6 is 0 Å². The molecule has 4 heterocycles. The number of Topliss-reactive ketones (excluding diaryl/α,β-unsaturated/α-hetero) is 1. The standard InChI is InChI=1S/C22H27N5O/c1-21(2)12-17-19(18(28)13-21)22(16-14-24-26-20(16)25-17)6-3-10-27(11-7-22)15-4-8-23-9-5-15/h4-5,8-9,14,20,25H,3,6-7,10-13H2,1-2H3. The van der Waals surface area contributed by atoms with Gasteiger partial charge in [-0.3, -0.25) is 9.78 Å². The second kappa shape index (κ2) is 6.26. The van der Waals surface area contributed by atoms with Crippen molar-refractivity contribution >= 4 is 11.5 Å². The average molecular weight is 377 g/mol. The highest BCUT2D eigenvalue weighted by molar-refractivity contribution is 6.00. The van der Waals surface area contributed by atoms with E-state index in [0.29, 0.717) is 12.2 Å². The van der Waals surface area contributed by atoms with Crippen molar-refractivity contribution in [2.24, 2.45) is 21.1 Å². The maximum Gasteiger partial charge on any atom is 0.164 e. The molecule has 146 valence electrons. The third kappa shape index (κ3) is 2.69. The smallest absolute Gasteiger partial charge is 0.164 e. The van der Waals surface area contributed by atoms with E-state index in [-0.39, 0.29) is 17.0 Å². The third-order valence-corrected chi connectivity index (χ3v) is 6.76. The van der Waals surface area contributed by atoms with Crippen molar-refractivity contribution in [2.45, 2.75) is 52.1 Å². The number of azo groups is 1. The van der Waals surface area contributed by atoms with E-state index >= 15 is 0 Å². The van der Waals surface area contributed by atoms with E-state index in [9.17, 15) is 4.79 Å². The van der Waals surface area contributed by atoms with Gasteiger partial charge in [-0.1, -0.05) is 13.8 Å². The summed E-state index contributed by atoms with van der Waals surface area (Å²) in [6, 6.07) is 4.14. The zero-order chi connectivity index (χ0) is 19.4. The van der Waals surface area contributed by atoms with Gasteiger partial charge in [-0.25, -0.2) is 0 Å². The number of pyridine rings is 1. The molecule has 28 heavy (non-hydrogen) atoms. The first-order chi connectivity index (χ1) is 13.5. The van der Waals surface area contributed by atoms with Gasteiger partial charge in [0.2, 0.25) is 0 Å². The van der Waals surface area contributed by atoms with Crippen molar-refractivity contribution in [3.05, 3.63) is 47.6 Å². The van der Waals surface area contributed by atoms with Crippen LogP contribution in [0.3, 0.4) is 0 Å². The van der Waals surface area contributed by atoms with Crippen molar-refractivity contribution < 1.29 is 4.79 Å². The monoisotopic (exact) mass is 377 g/mol. The molecule has 4 aliphatic rings. The summed E-state index contributed by atoms with van der Waals surface area (Å²) < 4.78 is 0. The molecule has 1 aromatic heterocycles. The van der Waals surface area contributed by atoms with Crippen molar-refractivity contribution in [3.63, 3.8) is 0 Å². The predicted octanol–water partition coefficient (Wildman–Crippen LogP) is 3.98. The van der Waals surface area contributed by atoms with Gasteiger partial charge in [-0.15, -0.1) is 0 Å². The first kappa shape index (κ1) is 17.6. The van der Waals surface area contributed by atoms with Crippen LogP contribution in [-0.4, -0.2) is 30.0 Å². The lowest BCUT2D eigenvalue weighted by atomic mass is 9.60. The summed E-state index contributed by atoms with van der Waals surface area (Å²) in [5, 5.41) is 12.2. The zero-order valence-corrected chi connectivity index (χ0v) is 16.6. The van der Waals surface area contributed by atoms with E-state index in [1.807, 2.05) is 18.6 Å². The van der Waals surface area contributed by atoms with Crippen molar-refractivity contribution in [2.75, 3.05) is 18.0 Å². The molecule has 0 bridgehead atoms. The fourth-order valence-electron chi connectivity index (χ4n) is 5.58. The Labute approximate surface area is 165 Å². The first-order valence-electron chi connectivity index (χ1n) is 10.3. The number of allylic oxidation sites excluding steroid dienone is 2. The lowest BCUT2D eigenvalue weighted by molar-refractivity contribution is -0.119. The zero-order valence-electron chi connectivity index (χ0n) is 16.6. The molecule has 5 rings (SSSR count). The number of aromatic nitrogens is 1. The molecule has 1 saturated heterocycles. The molecule has 0 aromatic carbocycles. The van der Waals surface area contributed by atoms with Crippen LogP contribution in [0.2, 0.25) is 0 Å². The SMILES string of the molecule is CC1(C)CC(=O)C2=C(C1)NC1N=NC=C1C21CCCN(c2ccncc2)CC1. The van der Waals surface area contributed by atoms with Crippen LogP contribution in [0.15, 0.2) is 57.8 Å². The van der Waals surface area contributed by atoms with Crippen molar-refractivity contribution in [1.82, 2.24) is 10.3 Å². The number of carbonyl (C=O) groups is 1. The second-order valence-electron chi connectivity index (χ2n) is 9.28. The predicted molar refractivity (Wildman–Crippen MR) is 108 cm³/mol. The summed E-state index contributed by atoms with van der Waals surface area (Å²) in [5.74, 6) is 0.308. The van der Waals surface area contributed by atoms with Gasteiger partial charge in [0.05, 0.1) is 6.20 Å². The molecule has 1 aliphatic carbocycles. The van der Waals surface area contributed by atoms with Gasteiger partial charge in [0.15, 0.2) is 11.9 Å². The number of rotatable bonds is 1. The Morgan fingerprint density at radius 3 is 2.79 bits per heavy atom. The molecular formula is C22H27N5O. The average Bonchev–Trinajstić information content (AvgIpc) is 3.02. The number of carbonyl (C=O) groups excluding carboxylic acids is 1. The molecular weight excluding hydrogens is 350 g/mol. The molecule has 1 aromatic rings. The molecule has 0 amide bonds. The molecule has 1 N–H and O–H groups in total. The highest BCUT2D eigenvalue weighted by Crippen LogP contribution is 2.55. The summed E-state index contributed by atoms with van der Waals surface area (Å²) >= 11 is 0. The Kier molecular flexibility index (Phi) is 3.93. The molecule has 1 spiro atoms. The number of hydrogen-bond donors (Lipinski definition) is 1. The summed E-state index contributed by atoms with van der Waals surface area (Å²) in [6.07, 6.45) is 9.98. The molecule has 2 unspecified atom stereocenters. The minimum absolute atomic E-state index is 0.00508. The number of anilines is 1. The minimum Gasteiger partial charge on any atom is -0.371 e. The van der Waals surface area contributed by atoms with Gasteiger partial charge in [0, 0.05) is 59.8 Å². The lowest BCUT2D eigenvalue weighted by Crippen LogP contribution is -2.49. The van der Waals surface area contributed by atoms with E-state index in [1.165, 1.54) is 11.3 Å². The molecule has 3 aliphatic heterocycles. The third-order valence-electron chi connectivity index (χ3n) is 6.76. The van der Waals surface area contributed by atoms with Crippen LogP contribution in [0, 0.1) is 10.8 Å². The Balaban J connectivity index is 1.55. The Bertz CT molecular complexity index is 901. The van der Waals surface area contributed by atoms with E-state index in [4.69, 9.17) is 0 Å². The van der Waals surface area contributed by atoms with Gasteiger partial charge in [-0.2, -0.15) is 10.2 Å². The van der Waals surface area contributed by atoms with E-state index < -0.39 is 0 Å². The van der Waals surface area contributed by atoms with E-state index in [2.05, 4.69) is 51.4 Å². The van der Waals surface area contributed by atoms with Crippen LogP contribution in [0.4, 0.5) is 5.69 Å². The molecule has 0 radical (unpaired) electrons. The summed E-state index contributed by atoms with van der Waals surface area (Å²) in [5.41, 5.74) is 4.30. The van der Waals surface area contributed by atoms with E-state index in [0.717, 1.165) is 50.0 Å². The van der Waals surface area contributed by atoms with Crippen molar-refractivity contribution in [1.29, 1.82) is 0 Å². The fourth-order valence-corrected chi connectivity index (χ4v) is 5.58. The fraction of sp³-hybridized carbons (Fsp3) is 0.545. The maximum atomic E-state index is 13.4. The van der Waals surface area contributed by atoms with Crippen LogP contribution in [0.1, 0.15) is 46.0 Å². The highest BCUT2D eigenvalue weighted by Gasteiger charge is 2.52. The number of nitrogens with zero attached hydrogens (tertiary/aromatic N) is 4. The number of hydrogen-bond acceptors (Lipinski definition) is 6. The van der Waals surface area contributed by atoms with Gasteiger partial charge in [0.25, 0.3) is 0 Å². The van der Waals surface area contributed by atoms with Crippen LogP contribution < -0.4 is 10.2 Å². The Hall–Kier alpha value is -2.50. The molecule has 2 atom stereocenters. The number of nitrogens with one attached hydrogen (secondary N) is 1. The second-order valence-corrected chi connectivity index (χ2v) is 9.28. The molecule has 6 heteroatoms. The van der Waals surface area contributed by atoms with Crippen molar-refractivity contribution in [3.8, 4) is 0 Å². The Morgan fingerprint density at radius 1 is 1.14 bits per heavy atom. The maximum absolute atomic E-state index is 13.4. The summed E-state index contributed by atoms with van der Waals surface area (Å²) in [6.45, 7) is 6.28. The number of ketones is 1. The highest BCUT2D eigenvalue weighted by atomic mass is 16.1. The van der Waals surface area contributed by atoms with Gasteiger partial charge < -0.3 is 10.2 Å². The quantitative estimate of drug-likeness (QED) is 0.804. The summed E-state index contributed by atoms with van der Waals surface area (Å²) in [4.78, 5) is 19.9. The topological polar surface area (TPSA) is 70.0 Å². The molecule has 0 saturated carbocycles.